The molecule has 0 aromatic heterocycles. The van der Waals surface area contributed by atoms with Crippen LogP contribution in [0.15, 0.2) is 0 Å². The van der Waals surface area contributed by atoms with Crippen LogP contribution < -0.4 is 0 Å². The fourth-order valence-electron chi connectivity index (χ4n) is 3.08. The van der Waals surface area contributed by atoms with E-state index in [9.17, 15) is 4.79 Å². The third-order valence-electron chi connectivity index (χ3n) is 3.98. The first kappa shape index (κ1) is 17.5. The molecule has 3 heteroatoms. The van der Waals surface area contributed by atoms with E-state index in [1.165, 1.54) is 0 Å². The summed E-state index contributed by atoms with van der Waals surface area (Å²) in [4.78, 5) is 11.7. The molecule has 1 heterocycles. The summed E-state index contributed by atoms with van der Waals surface area (Å²) in [5.41, 5.74) is 0. The summed E-state index contributed by atoms with van der Waals surface area (Å²) in [7, 11) is 0. The van der Waals surface area contributed by atoms with E-state index in [-0.39, 0.29) is 5.97 Å². The van der Waals surface area contributed by atoms with Gasteiger partial charge in [-0.2, -0.15) is 0 Å². The van der Waals surface area contributed by atoms with Crippen LogP contribution in [0.2, 0.25) is 0 Å². The van der Waals surface area contributed by atoms with Crippen LogP contribution >= 0.6 is 0 Å². The van der Waals surface area contributed by atoms with Gasteiger partial charge in [0.1, 0.15) is 0 Å². The van der Waals surface area contributed by atoms with Crippen LogP contribution in [0.3, 0.4) is 0 Å². The maximum absolute atomic E-state index is 11.7. The van der Waals surface area contributed by atoms with Crippen LogP contribution in [0.5, 0.6) is 0 Å². The standard InChI is InChI=1S/C15H26O3.C2H6/c1-10(2)6-11(3)7-15(16)17-9-12-4-5-13-14(8-12)18-13;1-2/h10-14H,4-9H2,1-3H3;1-2H3. The second-order valence-corrected chi connectivity index (χ2v) is 6.51. The van der Waals surface area contributed by atoms with Gasteiger partial charge in [-0.15, -0.1) is 0 Å². The zero-order chi connectivity index (χ0) is 15.1. The molecule has 4 unspecified atom stereocenters. The molecule has 2 aliphatic rings. The summed E-state index contributed by atoms with van der Waals surface area (Å²) in [5.74, 6) is 1.58. The molecule has 0 aromatic rings. The van der Waals surface area contributed by atoms with E-state index < -0.39 is 0 Å². The first-order valence-electron chi connectivity index (χ1n) is 8.35. The van der Waals surface area contributed by atoms with Gasteiger partial charge >= 0.3 is 5.97 Å². The minimum absolute atomic E-state index is 0.0259. The van der Waals surface area contributed by atoms with Gasteiger partial charge in [0.2, 0.25) is 0 Å². The highest BCUT2D eigenvalue weighted by Crippen LogP contribution is 2.39. The van der Waals surface area contributed by atoms with E-state index in [0.717, 1.165) is 25.7 Å². The molecule has 0 amide bonds. The highest BCUT2D eigenvalue weighted by Gasteiger charge is 2.43. The third-order valence-corrected chi connectivity index (χ3v) is 3.98. The molecule has 2 fully saturated rings. The van der Waals surface area contributed by atoms with Crippen LogP contribution in [0.25, 0.3) is 0 Å². The van der Waals surface area contributed by atoms with Crippen LogP contribution in [0.1, 0.15) is 66.7 Å². The van der Waals surface area contributed by atoms with Crippen LogP contribution in [0.4, 0.5) is 0 Å². The Bertz CT molecular complexity index is 288. The highest BCUT2D eigenvalue weighted by molar-refractivity contribution is 5.69. The van der Waals surface area contributed by atoms with Gasteiger partial charge in [-0.25, -0.2) is 0 Å². The Balaban J connectivity index is 0.000000956. The van der Waals surface area contributed by atoms with Crippen molar-refractivity contribution in [3.05, 3.63) is 0 Å². The van der Waals surface area contributed by atoms with E-state index >= 15 is 0 Å². The normalized spacial score (nSPS) is 29.0. The third kappa shape index (κ3) is 6.25. The summed E-state index contributed by atoms with van der Waals surface area (Å²) in [6, 6.07) is 0. The molecule has 1 saturated heterocycles. The Kier molecular flexibility index (Phi) is 7.57. The lowest BCUT2D eigenvalue weighted by Crippen LogP contribution is -2.21. The number of fused-ring (bicyclic) bond motifs is 1. The lowest BCUT2D eigenvalue weighted by atomic mass is 9.90. The second kappa shape index (κ2) is 8.66. The number of epoxide rings is 1. The van der Waals surface area contributed by atoms with E-state index in [4.69, 9.17) is 9.47 Å². The minimum Gasteiger partial charge on any atom is -0.465 e. The molecular formula is C17H32O3. The SMILES string of the molecule is CC.CC(C)CC(C)CC(=O)OCC1CCC2OC2C1. The molecule has 0 aromatic carbocycles. The molecule has 3 nitrogen and oxygen atoms in total. The molecule has 0 radical (unpaired) electrons. The molecule has 1 aliphatic carbocycles. The van der Waals surface area contributed by atoms with Crippen molar-refractivity contribution in [1.82, 2.24) is 0 Å². The Labute approximate surface area is 124 Å². The summed E-state index contributed by atoms with van der Waals surface area (Å²) in [5, 5.41) is 0. The molecule has 2 rings (SSSR count). The largest absolute Gasteiger partial charge is 0.465 e. The van der Waals surface area contributed by atoms with Crippen molar-refractivity contribution in [2.75, 3.05) is 6.61 Å². The number of hydrogen-bond donors (Lipinski definition) is 0. The predicted molar refractivity (Wildman–Crippen MR) is 81.5 cm³/mol. The van der Waals surface area contributed by atoms with Gasteiger partial charge in [0.05, 0.1) is 18.8 Å². The Morgan fingerprint density at radius 1 is 1.20 bits per heavy atom. The molecule has 4 atom stereocenters. The Morgan fingerprint density at radius 3 is 2.50 bits per heavy atom. The summed E-state index contributed by atoms with van der Waals surface area (Å²) < 4.78 is 10.9. The second-order valence-electron chi connectivity index (χ2n) is 6.51. The lowest BCUT2D eigenvalue weighted by molar-refractivity contribution is -0.146. The molecule has 0 N–H and O–H groups in total. The molecule has 1 aliphatic heterocycles. The van der Waals surface area contributed by atoms with Gasteiger partial charge < -0.3 is 9.47 Å². The lowest BCUT2D eigenvalue weighted by Gasteiger charge is -2.19. The van der Waals surface area contributed by atoms with E-state index in [0.29, 0.717) is 43.0 Å². The zero-order valence-corrected chi connectivity index (χ0v) is 13.9. The first-order valence-corrected chi connectivity index (χ1v) is 8.35. The number of carbonyl (C=O) groups excluding carboxylic acids is 1. The number of hydrogen-bond acceptors (Lipinski definition) is 3. The molecule has 0 bridgehead atoms. The molecular weight excluding hydrogens is 252 g/mol. The predicted octanol–water partition coefficient (Wildman–Crippen LogP) is 4.20. The molecule has 0 spiro atoms. The number of rotatable bonds is 6. The van der Waals surface area contributed by atoms with Crippen LogP contribution in [-0.2, 0) is 14.3 Å². The van der Waals surface area contributed by atoms with Crippen molar-refractivity contribution in [3.63, 3.8) is 0 Å². The monoisotopic (exact) mass is 284 g/mol. The molecule has 118 valence electrons. The van der Waals surface area contributed by atoms with Crippen molar-refractivity contribution in [2.24, 2.45) is 17.8 Å². The van der Waals surface area contributed by atoms with Gasteiger partial charge in [0.25, 0.3) is 0 Å². The van der Waals surface area contributed by atoms with E-state index in [1.54, 1.807) is 0 Å². The zero-order valence-electron chi connectivity index (χ0n) is 13.9. The van der Waals surface area contributed by atoms with Crippen molar-refractivity contribution < 1.29 is 14.3 Å². The number of carbonyl (C=O) groups is 1. The fourth-order valence-corrected chi connectivity index (χ4v) is 3.08. The fraction of sp³-hybridized carbons (Fsp3) is 0.941. The Morgan fingerprint density at radius 2 is 1.90 bits per heavy atom. The van der Waals surface area contributed by atoms with Crippen molar-refractivity contribution in [3.8, 4) is 0 Å². The van der Waals surface area contributed by atoms with Gasteiger partial charge in [-0.1, -0.05) is 34.6 Å². The van der Waals surface area contributed by atoms with Crippen LogP contribution in [-0.4, -0.2) is 24.8 Å². The van der Waals surface area contributed by atoms with Gasteiger partial charge in [0.15, 0.2) is 0 Å². The van der Waals surface area contributed by atoms with Gasteiger partial charge in [-0.3, -0.25) is 4.79 Å². The van der Waals surface area contributed by atoms with Crippen molar-refractivity contribution in [2.45, 2.75) is 78.9 Å². The molecule has 20 heavy (non-hydrogen) atoms. The summed E-state index contributed by atoms with van der Waals surface area (Å²) in [6.07, 6.45) is 6.04. The maximum Gasteiger partial charge on any atom is 0.306 e. The van der Waals surface area contributed by atoms with E-state index in [2.05, 4.69) is 20.8 Å². The minimum atomic E-state index is -0.0259. The highest BCUT2D eigenvalue weighted by atomic mass is 16.6. The van der Waals surface area contributed by atoms with Gasteiger partial charge in [-0.05, 0) is 43.4 Å². The topological polar surface area (TPSA) is 38.8 Å². The van der Waals surface area contributed by atoms with Gasteiger partial charge in [0, 0.05) is 6.42 Å². The smallest absolute Gasteiger partial charge is 0.306 e. The number of ether oxygens (including phenoxy) is 2. The summed E-state index contributed by atoms with van der Waals surface area (Å²) >= 11 is 0. The maximum atomic E-state index is 11.7. The summed E-state index contributed by atoms with van der Waals surface area (Å²) in [6.45, 7) is 11.1. The van der Waals surface area contributed by atoms with Crippen molar-refractivity contribution in [1.29, 1.82) is 0 Å². The van der Waals surface area contributed by atoms with E-state index in [1.807, 2.05) is 13.8 Å². The van der Waals surface area contributed by atoms with Crippen molar-refractivity contribution >= 4 is 5.97 Å². The molecule has 1 saturated carbocycles. The quantitative estimate of drug-likeness (QED) is 0.542. The van der Waals surface area contributed by atoms with Crippen LogP contribution in [0, 0.1) is 17.8 Å². The average molecular weight is 284 g/mol. The average Bonchev–Trinajstić information content (AvgIpc) is 3.16. The number of esters is 1. The Hall–Kier alpha value is -0.570. The first-order chi connectivity index (χ1) is 9.54.